The van der Waals surface area contributed by atoms with E-state index in [9.17, 15) is 14.0 Å². The number of aromatic amines is 1. The molecule has 7 heteroatoms. The lowest BCUT2D eigenvalue weighted by Gasteiger charge is -2.11. The van der Waals surface area contributed by atoms with E-state index in [2.05, 4.69) is 20.9 Å². The van der Waals surface area contributed by atoms with Crippen LogP contribution in [0.3, 0.4) is 0 Å². The Hall–Kier alpha value is -4.13. The van der Waals surface area contributed by atoms with Gasteiger partial charge in [0.25, 0.3) is 0 Å². The minimum atomic E-state index is -0.284. The Balaban J connectivity index is 1.37. The third-order valence-electron chi connectivity index (χ3n) is 5.67. The zero-order valence-corrected chi connectivity index (χ0v) is 19.8. The third kappa shape index (κ3) is 6.26. The maximum atomic E-state index is 13.4. The van der Waals surface area contributed by atoms with E-state index in [1.54, 1.807) is 12.1 Å². The molecule has 0 fully saturated rings. The predicted octanol–water partition coefficient (Wildman–Crippen LogP) is 5.75. The van der Waals surface area contributed by atoms with Crippen molar-refractivity contribution >= 4 is 28.5 Å². The highest BCUT2D eigenvalue weighted by atomic mass is 19.1. The minimum absolute atomic E-state index is 0.0560. The van der Waals surface area contributed by atoms with Crippen molar-refractivity contribution in [3.05, 3.63) is 89.7 Å². The van der Waals surface area contributed by atoms with Crippen LogP contribution in [0.5, 0.6) is 0 Å². The summed E-state index contributed by atoms with van der Waals surface area (Å²) in [6.45, 7) is 4.19. The molecule has 0 bridgehead atoms. The summed E-state index contributed by atoms with van der Waals surface area (Å²) in [4.78, 5) is 27.8. The van der Waals surface area contributed by atoms with Crippen molar-refractivity contribution in [2.45, 2.75) is 39.3 Å². The number of H-pyrrole nitrogens is 1. The smallest absolute Gasteiger partial charge is 0.319 e. The Labute approximate surface area is 203 Å². The van der Waals surface area contributed by atoms with Gasteiger partial charge < -0.3 is 20.9 Å². The van der Waals surface area contributed by atoms with E-state index in [0.717, 1.165) is 33.3 Å². The first-order chi connectivity index (χ1) is 16.9. The van der Waals surface area contributed by atoms with Gasteiger partial charge in [0.1, 0.15) is 5.82 Å². The zero-order chi connectivity index (χ0) is 24.8. The van der Waals surface area contributed by atoms with Crippen LogP contribution in [-0.2, 0) is 17.8 Å². The topological polar surface area (TPSA) is 86.0 Å². The number of hydrogen-bond acceptors (Lipinski definition) is 2. The number of urea groups is 1. The van der Waals surface area contributed by atoms with E-state index in [-0.39, 0.29) is 23.8 Å². The standard InChI is InChI=1S/C28H29FN4O2/c1-18(2)31-28(35)32-22-13-7-19(8-14-22)17-30-26(34)16-15-24-23-5-3-4-6-25(23)33-27(24)20-9-11-21(29)12-10-20/h3-14,18,33H,15-17H2,1-2H3,(H,30,34)(H2,31,32,35). The number of nitrogens with one attached hydrogen (secondary N) is 4. The van der Waals surface area contributed by atoms with Crippen molar-refractivity contribution in [3.8, 4) is 11.3 Å². The zero-order valence-electron chi connectivity index (χ0n) is 19.8. The van der Waals surface area contributed by atoms with Crippen LogP contribution < -0.4 is 16.0 Å². The van der Waals surface area contributed by atoms with Crippen molar-refractivity contribution in [2.24, 2.45) is 0 Å². The van der Waals surface area contributed by atoms with E-state index >= 15 is 0 Å². The van der Waals surface area contributed by atoms with Gasteiger partial charge in [-0.05, 0) is 79.4 Å². The molecule has 0 aliphatic heterocycles. The number of aryl methyl sites for hydroxylation is 1. The SMILES string of the molecule is CC(C)NC(=O)Nc1ccc(CNC(=O)CCc2c(-c3ccc(F)cc3)[nH]c3ccccc23)cc1. The Morgan fingerprint density at radius 3 is 2.37 bits per heavy atom. The fourth-order valence-electron chi connectivity index (χ4n) is 3.99. The fourth-order valence-corrected chi connectivity index (χ4v) is 3.99. The number of hydrogen-bond donors (Lipinski definition) is 4. The maximum Gasteiger partial charge on any atom is 0.319 e. The van der Waals surface area contributed by atoms with Gasteiger partial charge in [-0.15, -0.1) is 0 Å². The third-order valence-corrected chi connectivity index (χ3v) is 5.67. The van der Waals surface area contributed by atoms with Crippen LogP contribution >= 0.6 is 0 Å². The summed E-state index contributed by atoms with van der Waals surface area (Å²) in [7, 11) is 0. The van der Waals surface area contributed by atoms with E-state index in [0.29, 0.717) is 25.1 Å². The summed E-state index contributed by atoms with van der Waals surface area (Å²) in [6.07, 6.45) is 0.876. The second-order valence-corrected chi connectivity index (χ2v) is 8.76. The molecule has 1 aromatic heterocycles. The molecule has 6 nitrogen and oxygen atoms in total. The number of halogens is 1. The van der Waals surface area contributed by atoms with Crippen molar-refractivity contribution in [2.75, 3.05) is 5.32 Å². The van der Waals surface area contributed by atoms with Gasteiger partial charge in [0.15, 0.2) is 0 Å². The number of carbonyl (C=O) groups is 2. The molecular weight excluding hydrogens is 443 g/mol. The first-order valence-electron chi connectivity index (χ1n) is 11.7. The second kappa shape index (κ2) is 10.9. The number of fused-ring (bicyclic) bond motifs is 1. The molecule has 1 heterocycles. The molecule has 0 saturated carbocycles. The van der Waals surface area contributed by atoms with Gasteiger partial charge >= 0.3 is 6.03 Å². The molecule has 0 aliphatic rings. The first kappa shape index (κ1) is 24.0. The average Bonchev–Trinajstić information content (AvgIpc) is 3.21. The largest absolute Gasteiger partial charge is 0.354 e. The van der Waals surface area contributed by atoms with Crippen LogP contribution in [0.4, 0.5) is 14.9 Å². The highest BCUT2D eigenvalue weighted by Gasteiger charge is 2.14. The van der Waals surface area contributed by atoms with Crippen molar-refractivity contribution < 1.29 is 14.0 Å². The predicted molar refractivity (Wildman–Crippen MR) is 138 cm³/mol. The van der Waals surface area contributed by atoms with Crippen molar-refractivity contribution in [3.63, 3.8) is 0 Å². The van der Waals surface area contributed by atoms with Gasteiger partial charge in [-0.2, -0.15) is 0 Å². The lowest BCUT2D eigenvalue weighted by molar-refractivity contribution is -0.121. The van der Waals surface area contributed by atoms with Gasteiger partial charge in [0.2, 0.25) is 5.91 Å². The molecule has 3 amide bonds. The Morgan fingerprint density at radius 2 is 1.66 bits per heavy atom. The summed E-state index contributed by atoms with van der Waals surface area (Å²) < 4.78 is 13.4. The van der Waals surface area contributed by atoms with Gasteiger partial charge in [-0.25, -0.2) is 9.18 Å². The Morgan fingerprint density at radius 1 is 0.943 bits per heavy atom. The molecule has 4 N–H and O–H groups in total. The number of anilines is 1. The Bertz CT molecular complexity index is 1310. The number of para-hydroxylation sites is 1. The molecule has 0 radical (unpaired) electrons. The molecule has 3 aromatic carbocycles. The molecule has 4 rings (SSSR count). The van der Waals surface area contributed by atoms with E-state index in [1.165, 1.54) is 12.1 Å². The molecule has 0 spiro atoms. The number of aromatic nitrogens is 1. The summed E-state index contributed by atoms with van der Waals surface area (Å²) >= 11 is 0. The lowest BCUT2D eigenvalue weighted by atomic mass is 10.0. The van der Waals surface area contributed by atoms with E-state index < -0.39 is 0 Å². The number of amides is 3. The first-order valence-corrected chi connectivity index (χ1v) is 11.7. The van der Waals surface area contributed by atoms with Crippen molar-refractivity contribution in [1.82, 2.24) is 15.6 Å². The molecule has 0 saturated heterocycles. The van der Waals surface area contributed by atoms with Crippen LogP contribution in [0.1, 0.15) is 31.4 Å². The lowest BCUT2D eigenvalue weighted by Crippen LogP contribution is -2.34. The normalized spacial score (nSPS) is 11.0. The second-order valence-electron chi connectivity index (χ2n) is 8.76. The molecule has 35 heavy (non-hydrogen) atoms. The van der Waals surface area contributed by atoms with Gasteiger partial charge in [-0.3, -0.25) is 4.79 Å². The highest BCUT2D eigenvalue weighted by Crippen LogP contribution is 2.31. The monoisotopic (exact) mass is 472 g/mol. The summed E-state index contributed by atoms with van der Waals surface area (Å²) in [6, 6.07) is 21.5. The molecule has 180 valence electrons. The van der Waals surface area contributed by atoms with Crippen LogP contribution in [0, 0.1) is 5.82 Å². The quantitative estimate of drug-likeness (QED) is 0.263. The summed E-state index contributed by atoms with van der Waals surface area (Å²) in [5, 5.41) is 9.57. The molecule has 4 aromatic rings. The van der Waals surface area contributed by atoms with Gasteiger partial charge in [0.05, 0.1) is 0 Å². The number of benzene rings is 3. The Kier molecular flexibility index (Phi) is 7.45. The van der Waals surface area contributed by atoms with Gasteiger partial charge in [0, 0.05) is 41.3 Å². The van der Waals surface area contributed by atoms with Crippen molar-refractivity contribution in [1.29, 1.82) is 0 Å². The van der Waals surface area contributed by atoms with Crippen LogP contribution in [0.25, 0.3) is 22.2 Å². The number of rotatable bonds is 8. The van der Waals surface area contributed by atoms with Crippen LogP contribution in [-0.4, -0.2) is 23.0 Å². The van der Waals surface area contributed by atoms with Crippen LogP contribution in [0.15, 0.2) is 72.8 Å². The van der Waals surface area contributed by atoms with Gasteiger partial charge in [-0.1, -0.05) is 30.3 Å². The minimum Gasteiger partial charge on any atom is -0.354 e. The summed E-state index contributed by atoms with van der Waals surface area (Å²) in [5.74, 6) is -0.340. The van der Waals surface area contributed by atoms with Crippen LogP contribution in [0.2, 0.25) is 0 Å². The van der Waals surface area contributed by atoms with E-state index in [1.807, 2.05) is 62.4 Å². The maximum absolute atomic E-state index is 13.4. The molecule has 0 aliphatic carbocycles. The molecular formula is C28H29FN4O2. The average molecular weight is 473 g/mol. The highest BCUT2D eigenvalue weighted by molar-refractivity contribution is 5.91. The molecule has 0 atom stereocenters. The number of carbonyl (C=O) groups excluding carboxylic acids is 2. The molecule has 0 unspecified atom stereocenters. The van der Waals surface area contributed by atoms with E-state index in [4.69, 9.17) is 0 Å². The summed E-state index contributed by atoms with van der Waals surface area (Å²) in [5.41, 5.74) is 5.44. The fraction of sp³-hybridized carbons (Fsp3) is 0.214.